The molecule has 2 saturated heterocycles. The Hall–Kier alpha value is -6.90. The smallest absolute Gasteiger partial charge is 0.424 e. The van der Waals surface area contributed by atoms with Gasteiger partial charge in [-0.3, -0.25) is 10.1 Å². The van der Waals surface area contributed by atoms with Crippen LogP contribution < -0.4 is 31.3 Å². The topological polar surface area (TPSA) is 229 Å². The average Bonchev–Trinajstić information content (AvgIpc) is 3.78. The number of aromatic amines is 3. The number of carbonyl (C=O) groups is 2. The molecule has 0 bridgehead atoms. The Kier molecular flexibility index (Phi) is 10.8. The van der Waals surface area contributed by atoms with Crippen molar-refractivity contribution in [3.63, 3.8) is 0 Å². The minimum absolute atomic E-state index is 0.00877. The molecule has 62 heavy (non-hydrogen) atoms. The number of anilines is 5. The fraction of sp³-hybridized carbons (Fsp3) is 0.268. The minimum Gasteiger partial charge on any atom is -0.433 e. The van der Waals surface area contributed by atoms with Crippen LogP contribution in [-0.4, -0.2) is 120 Å². The molecule has 2 aliphatic rings. The zero-order valence-corrected chi connectivity index (χ0v) is 35.0. The van der Waals surface area contributed by atoms with Crippen LogP contribution in [0.15, 0.2) is 72.8 Å². The second-order valence-electron chi connectivity index (χ2n) is 15.3. The van der Waals surface area contributed by atoms with Crippen LogP contribution in [-0.2, 0) is 4.79 Å². The minimum atomic E-state index is -1.33. The summed E-state index contributed by atoms with van der Waals surface area (Å²) in [6.07, 6.45) is -0.890. The maximum absolute atomic E-state index is 15.2. The first-order valence-corrected chi connectivity index (χ1v) is 20.7. The summed E-state index contributed by atoms with van der Waals surface area (Å²) in [5.74, 6) is 1.23. The van der Waals surface area contributed by atoms with Crippen molar-refractivity contribution in [1.82, 2.24) is 44.8 Å². The third-order valence-corrected chi connectivity index (χ3v) is 11.6. The summed E-state index contributed by atoms with van der Waals surface area (Å²) in [6.45, 7) is 4.34. The van der Waals surface area contributed by atoms with Crippen LogP contribution >= 0.6 is 23.8 Å². The number of urea groups is 1. The normalized spacial score (nSPS) is 17.6. The van der Waals surface area contributed by atoms with Crippen molar-refractivity contribution in [3.05, 3.63) is 94.0 Å². The quantitative estimate of drug-likeness (QED) is 0.0805. The highest BCUT2D eigenvalue weighted by molar-refractivity contribution is 7.71. The second kappa shape index (κ2) is 16.5. The van der Waals surface area contributed by atoms with Gasteiger partial charge in [0.1, 0.15) is 35.0 Å². The molecule has 9 rings (SSSR count). The molecule has 3 amide bonds. The number of benzene rings is 3. The van der Waals surface area contributed by atoms with E-state index in [1.54, 1.807) is 41.3 Å². The summed E-state index contributed by atoms with van der Waals surface area (Å²) in [5, 5.41) is 3.62. The summed E-state index contributed by atoms with van der Waals surface area (Å²) >= 11 is 11.6. The number of rotatable bonds is 8. The van der Waals surface area contributed by atoms with Crippen molar-refractivity contribution in [1.29, 1.82) is 0 Å². The number of nitrogens with two attached hydrogens (primary N) is 2. The third-order valence-electron chi connectivity index (χ3n) is 11.2. The Morgan fingerprint density at radius 2 is 1.55 bits per heavy atom. The number of nitrogens with zero attached hydrogens (tertiary/aromatic N) is 9. The number of amides is 3. The van der Waals surface area contributed by atoms with Gasteiger partial charge in [-0.15, -0.1) is 0 Å². The van der Waals surface area contributed by atoms with E-state index in [0.29, 0.717) is 92.6 Å². The SMILES string of the molecule is Cc1cccc(NC(=O)[N+]2(C(Oc3ccc(Cl)cc3)C(=O)N3CCN(c4nc(N)nc5[nH]c(=S)[nH]c45)CC3)CCCN(c3nc(N)nc4nc(-c5ccc(F)cc5)[nH]c34)CC2)c1. The molecule has 7 aromatic rings. The lowest BCUT2D eigenvalue weighted by Gasteiger charge is -2.43. The first kappa shape index (κ1) is 40.5. The highest BCUT2D eigenvalue weighted by Gasteiger charge is 2.53. The molecule has 2 fully saturated rings. The lowest BCUT2D eigenvalue weighted by Crippen LogP contribution is -2.69. The third kappa shape index (κ3) is 8.02. The second-order valence-corrected chi connectivity index (χ2v) is 16.1. The number of imidazole rings is 2. The maximum Gasteiger partial charge on any atom is 0.424 e. The van der Waals surface area contributed by atoms with Gasteiger partial charge in [-0.2, -0.15) is 24.4 Å². The summed E-state index contributed by atoms with van der Waals surface area (Å²) in [7, 11) is 0. The molecule has 4 aromatic heterocycles. The maximum atomic E-state index is 15.2. The monoisotopic (exact) mass is 878 g/mol. The number of hydrogen-bond acceptors (Lipinski definition) is 13. The van der Waals surface area contributed by atoms with Crippen LogP contribution in [0.4, 0.5) is 38.4 Å². The number of nitrogen functional groups attached to an aromatic ring is 2. The Morgan fingerprint density at radius 1 is 0.839 bits per heavy atom. The fourth-order valence-corrected chi connectivity index (χ4v) is 8.43. The largest absolute Gasteiger partial charge is 0.433 e. The molecule has 8 N–H and O–H groups in total. The van der Waals surface area contributed by atoms with Crippen LogP contribution in [0.5, 0.6) is 5.75 Å². The van der Waals surface area contributed by atoms with E-state index in [4.69, 9.17) is 40.0 Å². The van der Waals surface area contributed by atoms with Crippen molar-refractivity contribution < 1.29 is 23.2 Å². The van der Waals surface area contributed by atoms with Gasteiger partial charge in [-0.25, -0.2) is 14.2 Å². The Morgan fingerprint density at radius 3 is 2.29 bits per heavy atom. The number of H-pyrrole nitrogens is 3. The van der Waals surface area contributed by atoms with Gasteiger partial charge in [-0.1, -0.05) is 23.7 Å². The molecule has 2 atom stereocenters. The summed E-state index contributed by atoms with van der Waals surface area (Å²) in [5.41, 5.74) is 16.5. The van der Waals surface area contributed by atoms with Crippen LogP contribution in [0.3, 0.4) is 0 Å². The molecule has 2 unspecified atom stereocenters. The zero-order valence-electron chi connectivity index (χ0n) is 33.4. The first-order chi connectivity index (χ1) is 29.9. The van der Waals surface area contributed by atoms with Gasteiger partial charge in [0, 0.05) is 55.4 Å². The van der Waals surface area contributed by atoms with Gasteiger partial charge in [0.2, 0.25) is 11.9 Å². The standard InChI is InChI=1S/C41H41ClFN15O3S/c1-23-4-2-5-27(22-23)46-41(60)58(20-3-14-55(19-21-58)34-29-32(50-38(44)53-34)49-31(47-29)24-6-10-26(43)11-7-24)37(61-28-12-8-25(42)9-13-28)36(59)57-17-15-56(16-18-57)35-30-33(51-39(45)54-35)52-40(62)48-30/h2,4-13,22,37H,3,14-21H2,1H3,(H7-,44,45,46,47,48,49,50,51,52,53,54,60,62)/p+1. The van der Waals surface area contributed by atoms with Crippen LogP contribution in [0, 0.1) is 17.5 Å². The lowest BCUT2D eigenvalue weighted by atomic mass is 10.2. The number of aryl methyl sites for hydroxylation is 1. The lowest BCUT2D eigenvalue weighted by molar-refractivity contribution is -0.880. The molecule has 0 aliphatic carbocycles. The van der Waals surface area contributed by atoms with E-state index >= 15 is 9.59 Å². The number of piperazine rings is 1. The number of quaternary nitrogens is 1. The van der Waals surface area contributed by atoms with Gasteiger partial charge in [0.25, 0.3) is 0 Å². The Balaban J connectivity index is 1.07. The van der Waals surface area contributed by atoms with E-state index in [1.807, 2.05) is 41.0 Å². The summed E-state index contributed by atoms with van der Waals surface area (Å²) in [4.78, 5) is 68.0. The van der Waals surface area contributed by atoms with Crippen molar-refractivity contribution >= 4 is 87.3 Å². The van der Waals surface area contributed by atoms with Gasteiger partial charge >= 0.3 is 18.2 Å². The Labute approximate surface area is 363 Å². The average molecular weight is 879 g/mol. The molecule has 21 heteroatoms. The number of fused-ring (bicyclic) bond motifs is 2. The first-order valence-electron chi connectivity index (χ1n) is 19.9. The number of halogens is 2. The molecule has 0 spiro atoms. The van der Waals surface area contributed by atoms with Gasteiger partial charge < -0.3 is 45.9 Å². The molecule has 0 radical (unpaired) electrons. The zero-order chi connectivity index (χ0) is 43.1. The molecule has 2 aliphatic heterocycles. The van der Waals surface area contributed by atoms with Crippen LogP contribution in [0.2, 0.25) is 5.02 Å². The van der Waals surface area contributed by atoms with E-state index in [1.165, 1.54) is 12.1 Å². The highest BCUT2D eigenvalue weighted by Crippen LogP contribution is 2.32. The molecular formula is C41H42ClFN15O3S+. The van der Waals surface area contributed by atoms with E-state index < -0.39 is 16.7 Å². The van der Waals surface area contributed by atoms with Crippen molar-refractivity contribution in [2.45, 2.75) is 19.6 Å². The number of hydrogen-bond donors (Lipinski definition) is 6. The molecule has 6 heterocycles. The molecule has 0 saturated carbocycles. The predicted octanol–water partition coefficient (Wildman–Crippen LogP) is 5.63. The number of ether oxygens (including phenoxy) is 1. The Bertz CT molecular complexity index is 2860. The van der Waals surface area contributed by atoms with E-state index in [-0.39, 0.29) is 56.3 Å². The van der Waals surface area contributed by atoms with E-state index in [2.05, 4.69) is 45.2 Å². The summed E-state index contributed by atoms with van der Waals surface area (Å²) < 4.78 is 20.5. The van der Waals surface area contributed by atoms with Crippen molar-refractivity contribution in [2.24, 2.45) is 0 Å². The van der Waals surface area contributed by atoms with Crippen LogP contribution in [0.1, 0.15) is 12.0 Å². The van der Waals surface area contributed by atoms with Gasteiger partial charge in [0.05, 0.1) is 13.1 Å². The molecule has 3 aromatic carbocycles. The predicted molar refractivity (Wildman–Crippen MR) is 237 cm³/mol. The fourth-order valence-electron chi connectivity index (χ4n) is 8.10. The van der Waals surface area contributed by atoms with E-state index in [9.17, 15) is 4.39 Å². The van der Waals surface area contributed by atoms with Gasteiger partial charge in [-0.05, 0) is 85.4 Å². The molecule has 18 nitrogen and oxygen atoms in total. The number of carbonyl (C=O) groups excluding carboxylic acids is 2. The molecule has 318 valence electrons. The van der Waals surface area contributed by atoms with E-state index in [0.717, 1.165) is 5.56 Å². The molecular weight excluding hydrogens is 837 g/mol. The number of aromatic nitrogens is 8. The highest BCUT2D eigenvalue weighted by atomic mass is 35.5. The number of nitrogens with one attached hydrogen (secondary N) is 4. The summed E-state index contributed by atoms with van der Waals surface area (Å²) in [6, 6.07) is 19.7. The van der Waals surface area contributed by atoms with Crippen molar-refractivity contribution in [2.75, 3.05) is 78.9 Å². The van der Waals surface area contributed by atoms with Gasteiger partial charge in [0.15, 0.2) is 27.7 Å². The van der Waals surface area contributed by atoms with Crippen LogP contribution in [0.25, 0.3) is 33.7 Å². The van der Waals surface area contributed by atoms with Crippen molar-refractivity contribution in [3.8, 4) is 17.1 Å².